The number of rotatable bonds is 5. The summed E-state index contributed by atoms with van der Waals surface area (Å²) >= 11 is 0. The predicted molar refractivity (Wildman–Crippen MR) is 47.4 cm³/mol. The molecule has 1 rings (SSSR count). The lowest BCUT2D eigenvalue weighted by molar-refractivity contribution is -0.138. The zero-order valence-electron chi connectivity index (χ0n) is 14.4. The number of nitrogens with two attached hydrogens (primary N) is 1. The number of aliphatic carboxylic acids is 1. The molecule has 0 heterocycles. The number of phenolic OH excluding ortho intramolecular Hbond substituents is 1. The van der Waals surface area contributed by atoms with Crippen LogP contribution < -0.4 is 5.72 Å². The van der Waals surface area contributed by atoms with Crippen molar-refractivity contribution in [3.8, 4) is 5.75 Å². The van der Waals surface area contributed by atoms with Crippen molar-refractivity contribution in [2.45, 2.75) is 12.4 Å². The topological polar surface area (TPSA) is 83.5 Å². The van der Waals surface area contributed by atoms with Crippen molar-refractivity contribution in [2.75, 3.05) is 0 Å². The predicted octanol–water partition coefficient (Wildman–Crippen LogP) is 0.347. The summed E-state index contributed by atoms with van der Waals surface area (Å²) in [7, 11) is 0. The van der Waals surface area contributed by atoms with E-state index in [0.717, 1.165) is 0 Å². The molecule has 1 aromatic rings. The first kappa shape index (κ1) is 3.31. The van der Waals surface area contributed by atoms with Gasteiger partial charge in [-0.25, -0.2) is 0 Å². The number of hydrogen-bond donors (Lipinski definition) is 3. The summed E-state index contributed by atoms with van der Waals surface area (Å²) in [5, 5.41) is 12.9. The van der Waals surface area contributed by atoms with Gasteiger partial charge in [-0.2, -0.15) is 0 Å². The first-order valence-electron chi connectivity index (χ1n) is 7.18. The summed E-state index contributed by atoms with van der Waals surface area (Å²) in [6.45, 7) is 0. The van der Waals surface area contributed by atoms with Crippen LogP contribution in [0.3, 0.4) is 0 Å². The summed E-state index contributed by atoms with van der Waals surface area (Å²) in [4.78, 5) is 11.0. The van der Waals surface area contributed by atoms with Crippen molar-refractivity contribution in [1.29, 1.82) is 1.43 Å². The Kier molecular flexibility index (Phi) is 0.994. The van der Waals surface area contributed by atoms with Crippen LogP contribution in [-0.2, 0) is 11.2 Å². The van der Waals surface area contributed by atoms with Crippen molar-refractivity contribution in [1.82, 2.24) is 0 Å². The van der Waals surface area contributed by atoms with Gasteiger partial charge in [0.2, 0.25) is 0 Å². The molecule has 70 valence electrons. The van der Waals surface area contributed by atoms with E-state index < -0.39 is 53.9 Å². The second-order valence-corrected chi connectivity index (χ2v) is 2.19. The molecule has 4 nitrogen and oxygen atoms in total. The van der Waals surface area contributed by atoms with Gasteiger partial charge in [-0.05, 0) is 24.0 Å². The molecule has 1 aromatic carbocycles. The summed E-state index contributed by atoms with van der Waals surface area (Å²) < 4.78 is 58.9. The first-order chi connectivity index (χ1) is 9.64. The average molecular weight is 189 g/mol. The molecule has 0 amide bonds. The van der Waals surface area contributed by atoms with Gasteiger partial charge in [0.25, 0.3) is 1.43 Å². The number of aromatic hydroxyl groups is 1. The van der Waals surface area contributed by atoms with Gasteiger partial charge in [0.1, 0.15) is 14.6 Å². The van der Waals surface area contributed by atoms with E-state index in [4.69, 9.17) is 16.2 Å². The van der Waals surface area contributed by atoms with Gasteiger partial charge in [-0.3, -0.25) is 4.79 Å². The van der Waals surface area contributed by atoms with Gasteiger partial charge in [-0.1, -0.05) is 12.1 Å². The molecule has 0 aliphatic heterocycles. The van der Waals surface area contributed by atoms with Crippen LogP contribution in [0.15, 0.2) is 24.2 Å². The van der Waals surface area contributed by atoms with Gasteiger partial charge in [-0.15, -0.1) is 0 Å². The normalized spacial score (nSPS) is 23.5. The molecular weight excluding hydrogens is 170 g/mol. The second kappa shape index (κ2) is 3.91. The summed E-state index contributed by atoms with van der Waals surface area (Å²) in [5.74, 6) is -2.33. The van der Waals surface area contributed by atoms with Crippen LogP contribution in [0.25, 0.3) is 0 Å². The van der Waals surface area contributed by atoms with Crippen molar-refractivity contribution < 1.29 is 24.7 Å². The first-order valence-corrected chi connectivity index (χ1v) is 3.30. The van der Waals surface area contributed by atoms with E-state index in [0.29, 0.717) is 0 Å². The van der Waals surface area contributed by atoms with Gasteiger partial charge >= 0.3 is 5.97 Å². The Hall–Kier alpha value is -1.55. The minimum Gasteiger partial charge on any atom is -0.508 e. The highest BCUT2D eigenvalue weighted by Crippen LogP contribution is 2.10. The van der Waals surface area contributed by atoms with Crippen LogP contribution in [0, 0.1) is 0 Å². The summed E-state index contributed by atoms with van der Waals surface area (Å²) in [5.41, 5.74) is -0.830. The van der Waals surface area contributed by atoms with Gasteiger partial charge < -0.3 is 15.9 Å². The molecule has 0 aromatic heterocycles. The number of hydrogen-bond acceptors (Lipinski definition) is 3. The van der Waals surface area contributed by atoms with E-state index in [2.05, 4.69) is 5.11 Å². The van der Waals surface area contributed by atoms with E-state index in [9.17, 15) is 4.79 Å². The average Bonchev–Trinajstić information content (AvgIpc) is 2.36. The number of carbonyl (C=O) groups is 1. The standard InChI is InChI=1S/C9H11NO3/c10-8(9(12)13)5-6-1-3-7(11)4-2-6/h1-4,8,11H,5,10H2,(H,12,13)/t8-/m0/s1/i1D,2D,3D,4D,5D/hD3/t5?,8-. The fraction of sp³-hybridized carbons (Fsp3) is 0.222. The Labute approximate surface area is 87.1 Å². The molecule has 0 aliphatic rings. The van der Waals surface area contributed by atoms with Gasteiger partial charge in [0, 0.05) is 1.37 Å². The Morgan fingerprint density at radius 1 is 1.77 bits per heavy atom. The van der Waals surface area contributed by atoms with Crippen molar-refractivity contribution in [3.63, 3.8) is 0 Å². The number of carboxylic acids is 1. The molecule has 0 fully saturated rings. The van der Waals surface area contributed by atoms with Crippen LogP contribution in [-0.4, -0.2) is 23.7 Å². The lowest BCUT2D eigenvalue weighted by Crippen LogP contribution is -2.32. The van der Waals surface area contributed by atoms with Crippen LogP contribution >= 0.6 is 0 Å². The molecule has 0 radical (unpaired) electrons. The molecule has 0 saturated carbocycles. The van der Waals surface area contributed by atoms with Crippen LogP contribution in [0.1, 0.15) is 12.4 Å². The van der Waals surface area contributed by atoms with Crippen LogP contribution in [0.2, 0.25) is 2.82 Å². The highest BCUT2D eigenvalue weighted by atomic mass is 16.4. The maximum Gasteiger partial charge on any atom is 0.320 e. The third-order valence-corrected chi connectivity index (χ3v) is 1.20. The minimum atomic E-state index is -2.00. The molecule has 1 unspecified atom stereocenters. The fourth-order valence-electron chi connectivity index (χ4n) is 0.623. The van der Waals surface area contributed by atoms with E-state index in [1.54, 1.807) is 0 Å². The zero-order valence-corrected chi connectivity index (χ0v) is 6.37. The van der Waals surface area contributed by atoms with Gasteiger partial charge in [0.05, 0.1) is 5.48 Å². The maximum absolute atomic E-state index is 11.0. The summed E-state index contributed by atoms with van der Waals surface area (Å²) in [6.07, 6.45) is -1.90. The number of benzene rings is 1. The van der Waals surface area contributed by atoms with E-state index >= 15 is 0 Å². The lowest BCUT2D eigenvalue weighted by atomic mass is 10.1. The third-order valence-electron chi connectivity index (χ3n) is 1.20. The SMILES string of the molecule is [2H]Oc1c([2H])c([2H])c(C([2H])[C@@H](C(=O)O)N([2H])[2H])c([2H])c1[2H]. The van der Waals surface area contributed by atoms with Crippen LogP contribution in [0.4, 0.5) is 0 Å². The Balaban J connectivity index is 3.53. The molecule has 0 bridgehead atoms. The molecule has 13 heavy (non-hydrogen) atoms. The van der Waals surface area contributed by atoms with E-state index in [1.165, 1.54) is 0 Å². The monoisotopic (exact) mass is 189 g/mol. The van der Waals surface area contributed by atoms with E-state index in [1.807, 2.05) is 0 Å². The molecule has 4 heteroatoms. The highest BCUT2D eigenvalue weighted by molar-refractivity contribution is 5.73. The number of carboxylic acid groups (broad SMARTS) is 1. The minimum absolute atomic E-state index is 0.249. The maximum atomic E-state index is 11.0. The van der Waals surface area contributed by atoms with Gasteiger partial charge in [0.15, 0.2) is 0 Å². The smallest absolute Gasteiger partial charge is 0.320 e. The Morgan fingerprint density at radius 3 is 2.92 bits per heavy atom. The quantitative estimate of drug-likeness (QED) is 0.624. The molecule has 2 atom stereocenters. The second-order valence-electron chi connectivity index (χ2n) is 2.19. The molecule has 0 saturated heterocycles. The van der Waals surface area contributed by atoms with Crippen molar-refractivity contribution in [2.24, 2.45) is 5.72 Å². The Bertz CT molecular complexity index is 537. The van der Waals surface area contributed by atoms with Crippen molar-refractivity contribution in [3.05, 3.63) is 29.7 Å². The number of phenols is 1. The molecule has 0 aliphatic carbocycles. The summed E-state index contributed by atoms with van der Waals surface area (Å²) in [6, 6.07) is -4.95. The lowest BCUT2D eigenvalue weighted by Gasteiger charge is -2.05. The molecular formula is C9H11NO3. The highest BCUT2D eigenvalue weighted by Gasteiger charge is 2.11. The Morgan fingerprint density at radius 2 is 2.46 bits per heavy atom. The zero-order chi connectivity index (χ0) is 16.5. The molecule has 4 N–H and O–H groups in total. The van der Waals surface area contributed by atoms with Crippen molar-refractivity contribution >= 4 is 5.97 Å². The third kappa shape index (κ3) is 2.76. The largest absolute Gasteiger partial charge is 0.508 e. The van der Waals surface area contributed by atoms with Crippen LogP contribution in [0.5, 0.6) is 5.75 Å². The fourth-order valence-corrected chi connectivity index (χ4v) is 0.623. The van der Waals surface area contributed by atoms with E-state index in [-0.39, 0.29) is 5.72 Å². The molecule has 0 spiro atoms.